The number of hydrogen-bond donors (Lipinski definition) is 0. The minimum Gasteiger partial charge on any atom is -0.381 e. The van der Waals surface area contributed by atoms with Crippen molar-refractivity contribution < 1.29 is 4.74 Å². The predicted molar refractivity (Wildman–Crippen MR) is 80.8 cm³/mol. The Morgan fingerprint density at radius 1 is 1.43 bits per heavy atom. The maximum absolute atomic E-state index is 5.65. The van der Waals surface area contributed by atoms with Crippen molar-refractivity contribution in [2.45, 2.75) is 25.9 Å². The monoisotopic (exact) mass is 286 g/mol. The van der Waals surface area contributed by atoms with Crippen LogP contribution in [0.4, 0.5) is 0 Å². The summed E-state index contributed by atoms with van der Waals surface area (Å²) < 4.78 is 7.56. The van der Waals surface area contributed by atoms with Crippen molar-refractivity contribution in [3.8, 4) is 0 Å². The van der Waals surface area contributed by atoms with Gasteiger partial charge in [-0.3, -0.25) is 14.6 Å². The van der Waals surface area contributed by atoms with Crippen LogP contribution in [-0.4, -0.2) is 39.4 Å². The average Bonchev–Trinajstić information content (AvgIpc) is 2.86. The van der Waals surface area contributed by atoms with Crippen LogP contribution in [0.1, 0.15) is 29.7 Å². The molecule has 1 aliphatic heterocycles. The van der Waals surface area contributed by atoms with Crippen molar-refractivity contribution in [3.63, 3.8) is 0 Å². The van der Waals surface area contributed by atoms with Crippen LogP contribution >= 0.6 is 0 Å². The number of aromatic nitrogens is 3. The molecule has 3 rings (SSSR count). The fourth-order valence-electron chi connectivity index (χ4n) is 2.99. The fourth-order valence-corrected chi connectivity index (χ4v) is 2.99. The highest BCUT2D eigenvalue weighted by Crippen LogP contribution is 2.28. The smallest absolute Gasteiger partial charge is 0.0736 e. The summed E-state index contributed by atoms with van der Waals surface area (Å²) in [6, 6.07) is 4.12. The van der Waals surface area contributed by atoms with E-state index in [4.69, 9.17) is 4.74 Å². The molecular formula is C16H22N4O. The average molecular weight is 286 g/mol. The molecule has 0 unspecified atom stereocenters. The number of nitrogens with zero attached hydrogens (tertiary/aromatic N) is 4. The molecule has 5 heteroatoms. The van der Waals surface area contributed by atoms with Gasteiger partial charge in [0.05, 0.1) is 12.3 Å². The van der Waals surface area contributed by atoms with E-state index in [-0.39, 0.29) is 0 Å². The molecule has 112 valence electrons. The Kier molecular flexibility index (Phi) is 4.31. The minimum absolute atomic E-state index is 0.353. The Balaban J connectivity index is 1.76. The summed E-state index contributed by atoms with van der Waals surface area (Å²) in [5.74, 6) is 0.353. The summed E-state index contributed by atoms with van der Waals surface area (Å²) in [6.07, 6.45) is 5.89. The summed E-state index contributed by atoms with van der Waals surface area (Å²) in [5, 5.41) is 4.62. The lowest BCUT2D eigenvalue weighted by Gasteiger charge is -2.31. The largest absolute Gasteiger partial charge is 0.381 e. The lowest BCUT2D eigenvalue weighted by Crippen LogP contribution is -2.34. The van der Waals surface area contributed by atoms with Crippen LogP contribution in [0.2, 0.25) is 0 Å². The van der Waals surface area contributed by atoms with Gasteiger partial charge >= 0.3 is 0 Å². The van der Waals surface area contributed by atoms with Gasteiger partial charge in [-0.05, 0) is 18.6 Å². The summed E-state index contributed by atoms with van der Waals surface area (Å²) in [4.78, 5) is 6.65. The van der Waals surface area contributed by atoms with Gasteiger partial charge in [-0.25, -0.2) is 0 Å². The van der Waals surface area contributed by atoms with Crippen LogP contribution in [0.25, 0.3) is 0 Å². The van der Waals surface area contributed by atoms with Gasteiger partial charge in [0.1, 0.15) is 0 Å². The summed E-state index contributed by atoms with van der Waals surface area (Å²) in [7, 11) is 1.99. The SMILES string of the molecule is CCOC[C@@H]1CN(Cc2cccnc2)Cc2cn(C)nc21. The molecule has 0 aliphatic carbocycles. The highest BCUT2D eigenvalue weighted by molar-refractivity contribution is 5.25. The van der Waals surface area contributed by atoms with Crippen molar-refractivity contribution in [2.24, 2.45) is 7.05 Å². The van der Waals surface area contributed by atoms with Crippen molar-refractivity contribution in [1.82, 2.24) is 19.7 Å². The topological polar surface area (TPSA) is 43.2 Å². The first-order valence-corrected chi connectivity index (χ1v) is 7.47. The third-order valence-electron chi connectivity index (χ3n) is 3.85. The Hall–Kier alpha value is -1.72. The van der Waals surface area contributed by atoms with E-state index in [0.717, 1.165) is 32.8 Å². The van der Waals surface area contributed by atoms with E-state index in [2.05, 4.69) is 27.2 Å². The molecule has 0 aromatic carbocycles. The molecule has 5 nitrogen and oxygen atoms in total. The van der Waals surface area contributed by atoms with Crippen molar-refractivity contribution in [1.29, 1.82) is 0 Å². The van der Waals surface area contributed by atoms with Gasteiger partial charge in [0.15, 0.2) is 0 Å². The Labute approximate surface area is 125 Å². The normalized spacial score (nSPS) is 18.7. The standard InChI is InChI=1S/C16H22N4O/c1-3-21-12-15-11-20(8-13-5-4-6-17-7-13)10-14-9-19(2)18-16(14)15/h4-7,9,15H,3,8,10-12H2,1-2H3/t15-/m0/s1. The first-order valence-electron chi connectivity index (χ1n) is 7.47. The second kappa shape index (κ2) is 6.37. The predicted octanol–water partition coefficient (Wildman–Crippen LogP) is 1.95. The Bertz CT molecular complexity index is 581. The van der Waals surface area contributed by atoms with E-state index in [9.17, 15) is 0 Å². The van der Waals surface area contributed by atoms with E-state index < -0.39 is 0 Å². The van der Waals surface area contributed by atoms with Crippen LogP contribution in [0.5, 0.6) is 0 Å². The summed E-state index contributed by atoms with van der Waals surface area (Å²) in [6.45, 7) is 6.38. The molecule has 0 N–H and O–H groups in total. The van der Waals surface area contributed by atoms with E-state index in [0.29, 0.717) is 5.92 Å². The lowest BCUT2D eigenvalue weighted by molar-refractivity contribution is 0.104. The second-order valence-electron chi connectivity index (χ2n) is 5.60. The molecular weight excluding hydrogens is 264 g/mol. The fraction of sp³-hybridized carbons (Fsp3) is 0.500. The van der Waals surface area contributed by atoms with Gasteiger partial charge in [-0.1, -0.05) is 6.07 Å². The Morgan fingerprint density at radius 2 is 2.33 bits per heavy atom. The second-order valence-corrected chi connectivity index (χ2v) is 5.60. The minimum atomic E-state index is 0.353. The maximum Gasteiger partial charge on any atom is 0.0736 e. The molecule has 0 saturated carbocycles. The van der Waals surface area contributed by atoms with Crippen molar-refractivity contribution >= 4 is 0 Å². The molecule has 0 amide bonds. The van der Waals surface area contributed by atoms with Gasteiger partial charge in [-0.2, -0.15) is 5.10 Å². The maximum atomic E-state index is 5.65. The zero-order valence-corrected chi connectivity index (χ0v) is 12.7. The number of aryl methyl sites for hydroxylation is 1. The molecule has 0 saturated heterocycles. The van der Waals surface area contributed by atoms with Crippen LogP contribution in [0.15, 0.2) is 30.7 Å². The third-order valence-corrected chi connectivity index (χ3v) is 3.85. The lowest BCUT2D eigenvalue weighted by atomic mass is 9.97. The molecule has 3 heterocycles. The van der Waals surface area contributed by atoms with Crippen LogP contribution in [0, 0.1) is 0 Å². The highest BCUT2D eigenvalue weighted by Gasteiger charge is 2.28. The molecule has 1 atom stereocenters. The number of pyridine rings is 1. The quantitative estimate of drug-likeness (QED) is 0.842. The number of fused-ring (bicyclic) bond motifs is 1. The zero-order chi connectivity index (χ0) is 14.7. The van der Waals surface area contributed by atoms with Gasteiger partial charge in [-0.15, -0.1) is 0 Å². The molecule has 0 radical (unpaired) electrons. The highest BCUT2D eigenvalue weighted by atomic mass is 16.5. The molecule has 0 spiro atoms. The van der Waals surface area contributed by atoms with Crippen molar-refractivity contribution in [2.75, 3.05) is 19.8 Å². The molecule has 1 aliphatic rings. The van der Waals surface area contributed by atoms with Crippen LogP contribution in [0.3, 0.4) is 0 Å². The zero-order valence-electron chi connectivity index (χ0n) is 12.7. The van der Waals surface area contributed by atoms with E-state index in [1.165, 1.54) is 16.8 Å². The van der Waals surface area contributed by atoms with Crippen LogP contribution < -0.4 is 0 Å². The number of hydrogen-bond acceptors (Lipinski definition) is 4. The van der Waals surface area contributed by atoms with E-state index in [1.807, 2.05) is 37.1 Å². The number of rotatable bonds is 5. The summed E-state index contributed by atoms with van der Waals surface area (Å²) in [5.41, 5.74) is 3.77. The molecule has 2 aromatic heterocycles. The number of ether oxygens (including phenoxy) is 1. The summed E-state index contributed by atoms with van der Waals surface area (Å²) >= 11 is 0. The van der Waals surface area contributed by atoms with Crippen LogP contribution in [-0.2, 0) is 24.9 Å². The molecule has 0 fully saturated rings. The van der Waals surface area contributed by atoms with E-state index >= 15 is 0 Å². The molecule has 2 aromatic rings. The van der Waals surface area contributed by atoms with Gasteiger partial charge in [0.2, 0.25) is 0 Å². The van der Waals surface area contributed by atoms with Gasteiger partial charge in [0.25, 0.3) is 0 Å². The third kappa shape index (κ3) is 3.31. The van der Waals surface area contributed by atoms with Crippen molar-refractivity contribution in [3.05, 3.63) is 47.5 Å². The van der Waals surface area contributed by atoms with Gasteiger partial charge < -0.3 is 4.74 Å². The first kappa shape index (κ1) is 14.2. The molecule has 21 heavy (non-hydrogen) atoms. The molecule has 0 bridgehead atoms. The van der Waals surface area contributed by atoms with Gasteiger partial charge in [0, 0.05) is 63.4 Å². The Morgan fingerprint density at radius 3 is 3.10 bits per heavy atom. The first-order chi connectivity index (χ1) is 10.3. The van der Waals surface area contributed by atoms with E-state index in [1.54, 1.807) is 0 Å².